The summed E-state index contributed by atoms with van der Waals surface area (Å²) in [7, 11) is 0. The van der Waals surface area contributed by atoms with Crippen molar-refractivity contribution in [1.82, 2.24) is 5.32 Å². The second-order valence-corrected chi connectivity index (χ2v) is 6.49. The SMILES string of the molecule is CCNC(C)(C#N)CCCOC1CC(C)CC(C)C1. The van der Waals surface area contributed by atoms with Gasteiger partial charge < -0.3 is 4.74 Å². The molecule has 0 bridgehead atoms. The van der Waals surface area contributed by atoms with Crippen LogP contribution in [0.1, 0.15) is 59.8 Å². The molecule has 0 aromatic heterocycles. The third kappa shape index (κ3) is 5.93. The maximum atomic E-state index is 9.18. The summed E-state index contributed by atoms with van der Waals surface area (Å²) in [4.78, 5) is 0. The van der Waals surface area contributed by atoms with Gasteiger partial charge >= 0.3 is 0 Å². The van der Waals surface area contributed by atoms with E-state index in [4.69, 9.17) is 4.74 Å². The van der Waals surface area contributed by atoms with Crippen molar-refractivity contribution in [2.24, 2.45) is 11.8 Å². The summed E-state index contributed by atoms with van der Waals surface area (Å²) in [5.41, 5.74) is -0.398. The van der Waals surface area contributed by atoms with E-state index in [1.807, 2.05) is 13.8 Å². The van der Waals surface area contributed by atoms with Crippen LogP contribution in [-0.4, -0.2) is 24.8 Å². The quantitative estimate of drug-likeness (QED) is 0.717. The fraction of sp³-hybridized carbons (Fsp3) is 0.938. The average Bonchev–Trinajstić information content (AvgIpc) is 2.34. The number of nitriles is 1. The molecule has 110 valence electrons. The lowest BCUT2D eigenvalue weighted by molar-refractivity contribution is -0.00169. The van der Waals surface area contributed by atoms with Crippen LogP contribution in [0.5, 0.6) is 0 Å². The van der Waals surface area contributed by atoms with E-state index in [0.29, 0.717) is 6.10 Å². The average molecular weight is 266 g/mol. The summed E-state index contributed by atoms with van der Waals surface area (Å²) in [5, 5.41) is 12.4. The number of hydrogen-bond donors (Lipinski definition) is 1. The Kier molecular flexibility index (Phi) is 6.82. The maximum Gasteiger partial charge on any atom is 0.104 e. The van der Waals surface area contributed by atoms with Crippen LogP contribution in [0.3, 0.4) is 0 Å². The Labute approximate surface area is 118 Å². The molecule has 1 N–H and O–H groups in total. The molecule has 0 radical (unpaired) electrons. The Bertz CT molecular complexity index is 290. The Morgan fingerprint density at radius 2 is 1.89 bits per heavy atom. The number of ether oxygens (including phenoxy) is 1. The standard InChI is InChI=1S/C16H30N2O/c1-5-18-16(4,12-17)7-6-8-19-15-10-13(2)9-14(3)11-15/h13-15,18H,5-11H2,1-4H3. The first kappa shape index (κ1) is 16.5. The smallest absolute Gasteiger partial charge is 0.104 e. The number of nitrogens with zero attached hydrogens (tertiary/aromatic N) is 1. The van der Waals surface area contributed by atoms with Crippen LogP contribution in [0.15, 0.2) is 0 Å². The molecule has 0 saturated heterocycles. The molecule has 0 aliphatic heterocycles. The molecule has 1 rings (SSSR count). The Morgan fingerprint density at radius 3 is 2.42 bits per heavy atom. The predicted octanol–water partition coefficient (Wildman–Crippen LogP) is 3.50. The van der Waals surface area contributed by atoms with E-state index in [-0.39, 0.29) is 0 Å². The van der Waals surface area contributed by atoms with Gasteiger partial charge in [0.1, 0.15) is 5.54 Å². The van der Waals surface area contributed by atoms with Gasteiger partial charge in [0.2, 0.25) is 0 Å². The minimum Gasteiger partial charge on any atom is -0.378 e. The van der Waals surface area contributed by atoms with Crippen LogP contribution >= 0.6 is 0 Å². The molecule has 1 fully saturated rings. The molecule has 3 unspecified atom stereocenters. The lowest BCUT2D eigenvalue weighted by atomic mass is 9.82. The Morgan fingerprint density at radius 1 is 1.26 bits per heavy atom. The van der Waals surface area contributed by atoms with Gasteiger partial charge in [-0.3, -0.25) is 5.32 Å². The zero-order chi connectivity index (χ0) is 14.3. The van der Waals surface area contributed by atoms with Gasteiger partial charge in [0, 0.05) is 6.61 Å². The molecule has 1 saturated carbocycles. The molecule has 0 aromatic carbocycles. The van der Waals surface area contributed by atoms with E-state index in [1.54, 1.807) is 0 Å². The first-order valence-corrected chi connectivity index (χ1v) is 7.77. The minimum atomic E-state index is -0.398. The highest BCUT2D eigenvalue weighted by atomic mass is 16.5. The molecule has 0 amide bonds. The fourth-order valence-electron chi connectivity index (χ4n) is 3.26. The molecule has 1 aliphatic carbocycles. The van der Waals surface area contributed by atoms with Crippen molar-refractivity contribution in [3.63, 3.8) is 0 Å². The van der Waals surface area contributed by atoms with Crippen molar-refractivity contribution >= 4 is 0 Å². The molecule has 3 nitrogen and oxygen atoms in total. The summed E-state index contributed by atoms with van der Waals surface area (Å²) in [6, 6.07) is 2.37. The van der Waals surface area contributed by atoms with Gasteiger partial charge in [-0.2, -0.15) is 5.26 Å². The van der Waals surface area contributed by atoms with Gasteiger partial charge in [-0.25, -0.2) is 0 Å². The molecule has 3 atom stereocenters. The summed E-state index contributed by atoms with van der Waals surface area (Å²) in [6.07, 6.45) is 5.99. The lowest BCUT2D eigenvalue weighted by Crippen LogP contribution is -2.41. The predicted molar refractivity (Wildman–Crippen MR) is 78.8 cm³/mol. The van der Waals surface area contributed by atoms with E-state index < -0.39 is 5.54 Å². The van der Waals surface area contributed by atoms with Crippen molar-refractivity contribution in [3.05, 3.63) is 0 Å². The van der Waals surface area contributed by atoms with Crippen molar-refractivity contribution in [2.45, 2.75) is 71.4 Å². The van der Waals surface area contributed by atoms with Crippen LogP contribution in [0.2, 0.25) is 0 Å². The third-order valence-corrected chi connectivity index (χ3v) is 4.12. The normalized spacial score (nSPS) is 30.6. The van der Waals surface area contributed by atoms with Crippen LogP contribution < -0.4 is 5.32 Å². The largest absolute Gasteiger partial charge is 0.378 e. The van der Waals surface area contributed by atoms with Crippen molar-refractivity contribution in [2.75, 3.05) is 13.2 Å². The highest BCUT2D eigenvalue weighted by Gasteiger charge is 2.25. The molecule has 0 heterocycles. The molecule has 0 aromatic rings. The van der Waals surface area contributed by atoms with Crippen molar-refractivity contribution < 1.29 is 4.74 Å². The van der Waals surface area contributed by atoms with E-state index in [2.05, 4.69) is 25.2 Å². The first-order chi connectivity index (χ1) is 8.99. The maximum absolute atomic E-state index is 9.18. The third-order valence-electron chi connectivity index (χ3n) is 4.12. The number of hydrogen-bond acceptors (Lipinski definition) is 3. The second-order valence-electron chi connectivity index (χ2n) is 6.49. The summed E-state index contributed by atoms with van der Waals surface area (Å²) < 4.78 is 6.00. The fourth-order valence-corrected chi connectivity index (χ4v) is 3.26. The summed E-state index contributed by atoms with van der Waals surface area (Å²) in [6.45, 7) is 10.3. The van der Waals surface area contributed by atoms with E-state index in [9.17, 15) is 5.26 Å². The topological polar surface area (TPSA) is 45.0 Å². The second kappa shape index (κ2) is 7.87. The van der Waals surface area contributed by atoms with Gasteiger partial charge in [0.15, 0.2) is 0 Å². The van der Waals surface area contributed by atoms with E-state index in [0.717, 1.165) is 37.8 Å². The summed E-state index contributed by atoms with van der Waals surface area (Å²) in [5.74, 6) is 1.58. The van der Waals surface area contributed by atoms with Crippen LogP contribution in [-0.2, 0) is 4.74 Å². The molecular formula is C16H30N2O. The zero-order valence-corrected chi connectivity index (χ0v) is 13.0. The zero-order valence-electron chi connectivity index (χ0n) is 13.0. The monoisotopic (exact) mass is 266 g/mol. The van der Waals surface area contributed by atoms with Gasteiger partial charge in [-0.05, 0) is 57.4 Å². The van der Waals surface area contributed by atoms with Gasteiger partial charge in [-0.15, -0.1) is 0 Å². The molecule has 3 heteroatoms. The molecular weight excluding hydrogens is 236 g/mol. The van der Waals surface area contributed by atoms with E-state index in [1.165, 1.54) is 19.3 Å². The van der Waals surface area contributed by atoms with Gasteiger partial charge in [0.05, 0.1) is 12.2 Å². The molecule has 1 aliphatic rings. The van der Waals surface area contributed by atoms with E-state index >= 15 is 0 Å². The van der Waals surface area contributed by atoms with Crippen LogP contribution in [0, 0.1) is 23.2 Å². The molecule has 0 spiro atoms. The van der Waals surface area contributed by atoms with Gasteiger partial charge in [-0.1, -0.05) is 20.8 Å². The number of rotatable bonds is 7. The number of nitrogens with one attached hydrogen (secondary N) is 1. The highest BCUT2D eigenvalue weighted by molar-refractivity contribution is 5.03. The van der Waals surface area contributed by atoms with Gasteiger partial charge in [0.25, 0.3) is 0 Å². The molecule has 19 heavy (non-hydrogen) atoms. The lowest BCUT2D eigenvalue weighted by Gasteiger charge is -2.31. The Balaban J connectivity index is 2.21. The Hall–Kier alpha value is -0.590. The van der Waals surface area contributed by atoms with Crippen molar-refractivity contribution in [1.29, 1.82) is 5.26 Å². The van der Waals surface area contributed by atoms with Crippen molar-refractivity contribution in [3.8, 4) is 6.07 Å². The van der Waals surface area contributed by atoms with Crippen LogP contribution in [0.4, 0.5) is 0 Å². The highest BCUT2D eigenvalue weighted by Crippen LogP contribution is 2.30. The first-order valence-electron chi connectivity index (χ1n) is 7.77. The minimum absolute atomic E-state index is 0.398. The van der Waals surface area contributed by atoms with Crippen LogP contribution in [0.25, 0.3) is 0 Å². The summed E-state index contributed by atoms with van der Waals surface area (Å²) >= 11 is 0.